The first-order chi connectivity index (χ1) is 7.67. The Morgan fingerprint density at radius 1 is 1.47 bits per heavy atom. The van der Waals surface area contributed by atoms with Crippen LogP contribution in [0.4, 0.5) is 5.69 Å². The lowest BCUT2D eigenvalue weighted by atomic mass is 10.1. The number of nitrogens with zero attached hydrogens (tertiary/aromatic N) is 1. The average Bonchev–Trinajstić information content (AvgIpc) is 2.71. The highest BCUT2D eigenvalue weighted by Crippen LogP contribution is 2.24. The average molecular weight is 255 g/mol. The third-order valence-corrected chi connectivity index (χ3v) is 2.68. The van der Waals surface area contributed by atoms with Crippen LogP contribution < -0.4 is 5.73 Å². The molecule has 1 aromatic carbocycles. The van der Waals surface area contributed by atoms with E-state index in [2.05, 4.69) is 4.74 Å². The molecule has 0 amide bonds. The highest BCUT2D eigenvalue weighted by Gasteiger charge is 2.11. The fourth-order valence-electron chi connectivity index (χ4n) is 1.84. The molecule has 0 saturated carbocycles. The second kappa shape index (κ2) is 5.10. The Kier molecular flexibility index (Phi) is 4.02. The number of hydrogen-bond donors (Lipinski definition) is 1. The summed E-state index contributed by atoms with van der Waals surface area (Å²) in [5, 5.41) is 0.967. The lowest BCUT2D eigenvalue weighted by Gasteiger charge is -2.05. The van der Waals surface area contributed by atoms with Gasteiger partial charge in [0, 0.05) is 23.8 Å². The molecule has 17 heavy (non-hydrogen) atoms. The number of ether oxygens (including phenoxy) is 1. The summed E-state index contributed by atoms with van der Waals surface area (Å²) in [5.41, 5.74) is 7.95. The molecule has 92 valence electrons. The summed E-state index contributed by atoms with van der Waals surface area (Å²) in [6.07, 6.45) is 1.96. The van der Waals surface area contributed by atoms with E-state index >= 15 is 0 Å². The number of carbonyl (C=O) groups is 1. The minimum absolute atomic E-state index is 0. The minimum Gasteiger partial charge on any atom is -0.465 e. The first-order valence-corrected chi connectivity index (χ1v) is 5.14. The zero-order chi connectivity index (χ0) is 11.7. The van der Waals surface area contributed by atoms with Crippen LogP contribution in [0.2, 0.25) is 0 Å². The lowest BCUT2D eigenvalue weighted by molar-refractivity contribution is 0.0601. The maximum absolute atomic E-state index is 11.4. The van der Waals surface area contributed by atoms with Gasteiger partial charge in [-0.15, -0.1) is 12.4 Å². The third kappa shape index (κ3) is 2.22. The first-order valence-electron chi connectivity index (χ1n) is 5.14. The van der Waals surface area contributed by atoms with E-state index in [9.17, 15) is 4.79 Å². The van der Waals surface area contributed by atoms with E-state index in [0.29, 0.717) is 11.3 Å². The Balaban J connectivity index is 0.00000144. The number of rotatable bonds is 2. The van der Waals surface area contributed by atoms with Crippen molar-refractivity contribution < 1.29 is 9.53 Å². The Bertz CT molecular complexity index is 549. The monoisotopic (exact) mass is 254 g/mol. The molecule has 1 heterocycles. The molecule has 0 bridgehead atoms. The maximum atomic E-state index is 11.4. The van der Waals surface area contributed by atoms with Gasteiger partial charge in [-0.3, -0.25) is 0 Å². The van der Waals surface area contributed by atoms with E-state index in [4.69, 9.17) is 5.73 Å². The zero-order valence-corrected chi connectivity index (χ0v) is 10.6. The van der Waals surface area contributed by atoms with E-state index < -0.39 is 0 Å². The Labute approximate surface area is 106 Å². The lowest BCUT2D eigenvalue weighted by Crippen LogP contribution is -2.03. The van der Waals surface area contributed by atoms with Crippen molar-refractivity contribution in [2.45, 2.75) is 13.5 Å². The van der Waals surface area contributed by atoms with Gasteiger partial charge in [0.05, 0.1) is 18.2 Å². The Hall–Kier alpha value is -1.68. The minimum atomic E-state index is -0.363. The predicted molar refractivity (Wildman–Crippen MR) is 70.6 cm³/mol. The van der Waals surface area contributed by atoms with Crippen LogP contribution in [0.15, 0.2) is 24.4 Å². The van der Waals surface area contributed by atoms with Gasteiger partial charge >= 0.3 is 5.97 Å². The number of anilines is 1. The molecule has 5 heteroatoms. The van der Waals surface area contributed by atoms with Crippen LogP contribution in [0.3, 0.4) is 0 Å². The molecule has 0 unspecified atom stereocenters. The van der Waals surface area contributed by atoms with Crippen molar-refractivity contribution in [3.63, 3.8) is 0 Å². The highest BCUT2D eigenvalue weighted by atomic mass is 35.5. The molecule has 0 aliphatic heterocycles. The van der Waals surface area contributed by atoms with Gasteiger partial charge in [0.1, 0.15) is 0 Å². The van der Waals surface area contributed by atoms with E-state index in [1.807, 2.05) is 23.8 Å². The Morgan fingerprint density at radius 2 is 2.18 bits per heavy atom. The SMILES string of the molecule is CCn1ccc2c(N)cc(C(=O)OC)cc21.Cl. The second-order valence-electron chi connectivity index (χ2n) is 3.59. The van der Waals surface area contributed by atoms with Crippen molar-refractivity contribution in [2.75, 3.05) is 12.8 Å². The summed E-state index contributed by atoms with van der Waals surface area (Å²) in [5.74, 6) is -0.363. The van der Waals surface area contributed by atoms with Gasteiger partial charge in [-0.1, -0.05) is 0 Å². The van der Waals surface area contributed by atoms with E-state index in [1.165, 1.54) is 7.11 Å². The standard InChI is InChI=1S/C12H14N2O2.ClH/c1-3-14-5-4-9-10(13)6-8(7-11(9)14)12(15)16-2;/h4-7H,3,13H2,1-2H3;1H. The number of esters is 1. The number of nitrogens with two attached hydrogens (primary N) is 1. The van der Waals surface area contributed by atoms with Crippen molar-refractivity contribution in [3.05, 3.63) is 30.0 Å². The number of hydrogen-bond acceptors (Lipinski definition) is 3. The number of benzene rings is 1. The molecule has 2 N–H and O–H groups in total. The van der Waals surface area contributed by atoms with Crippen LogP contribution in [0, 0.1) is 0 Å². The summed E-state index contributed by atoms with van der Waals surface area (Å²) >= 11 is 0. The van der Waals surface area contributed by atoms with Crippen LogP contribution in [-0.4, -0.2) is 17.6 Å². The van der Waals surface area contributed by atoms with E-state index in [0.717, 1.165) is 17.4 Å². The summed E-state index contributed by atoms with van der Waals surface area (Å²) in [6.45, 7) is 2.88. The number of carbonyl (C=O) groups excluding carboxylic acids is 1. The second-order valence-corrected chi connectivity index (χ2v) is 3.59. The topological polar surface area (TPSA) is 57.2 Å². The maximum Gasteiger partial charge on any atom is 0.337 e. The van der Waals surface area contributed by atoms with Crippen LogP contribution >= 0.6 is 12.4 Å². The number of fused-ring (bicyclic) bond motifs is 1. The molecule has 0 atom stereocenters. The Morgan fingerprint density at radius 3 is 2.76 bits per heavy atom. The van der Waals surface area contributed by atoms with Gasteiger partial charge in [-0.25, -0.2) is 4.79 Å². The quantitative estimate of drug-likeness (QED) is 0.662. The molecular weight excluding hydrogens is 240 g/mol. The van der Waals surface area contributed by atoms with Crippen molar-refractivity contribution >= 4 is 35.0 Å². The highest BCUT2D eigenvalue weighted by molar-refractivity contribution is 6.00. The van der Waals surface area contributed by atoms with Crippen molar-refractivity contribution in [2.24, 2.45) is 0 Å². The van der Waals surface area contributed by atoms with Gasteiger partial charge < -0.3 is 15.0 Å². The predicted octanol–water partition coefficient (Wildman–Crippen LogP) is 2.45. The number of nitrogen functional groups attached to an aromatic ring is 1. The summed E-state index contributed by atoms with van der Waals surface area (Å²) in [4.78, 5) is 11.4. The first kappa shape index (κ1) is 13.4. The van der Waals surface area contributed by atoms with Crippen LogP contribution in [-0.2, 0) is 11.3 Å². The van der Waals surface area contributed by atoms with Crippen molar-refractivity contribution in [3.8, 4) is 0 Å². The number of halogens is 1. The number of aryl methyl sites for hydroxylation is 1. The van der Waals surface area contributed by atoms with Crippen LogP contribution in [0.25, 0.3) is 10.9 Å². The molecule has 0 fully saturated rings. The molecule has 0 aliphatic rings. The van der Waals surface area contributed by atoms with Gasteiger partial charge in [0.15, 0.2) is 0 Å². The summed E-state index contributed by atoms with van der Waals surface area (Å²) in [7, 11) is 1.36. The van der Waals surface area contributed by atoms with Gasteiger partial charge in [-0.2, -0.15) is 0 Å². The van der Waals surface area contributed by atoms with Crippen LogP contribution in [0.1, 0.15) is 17.3 Å². The summed E-state index contributed by atoms with van der Waals surface area (Å²) < 4.78 is 6.73. The van der Waals surface area contributed by atoms with Crippen molar-refractivity contribution in [1.82, 2.24) is 4.57 Å². The largest absolute Gasteiger partial charge is 0.465 e. The molecule has 0 aliphatic carbocycles. The molecule has 4 nitrogen and oxygen atoms in total. The normalized spacial score (nSPS) is 10.0. The van der Waals surface area contributed by atoms with Gasteiger partial charge in [0.2, 0.25) is 0 Å². The zero-order valence-electron chi connectivity index (χ0n) is 9.77. The summed E-state index contributed by atoms with van der Waals surface area (Å²) in [6, 6.07) is 5.41. The fourth-order valence-corrected chi connectivity index (χ4v) is 1.84. The molecule has 0 radical (unpaired) electrons. The van der Waals surface area contributed by atoms with Crippen LogP contribution in [0.5, 0.6) is 0 Å². The van der Waals surface area contributed by atoms with Gasteiger partial charge in [-0.05, 0) is 25.1 Å². The smallest absolute Gasteiger partial charge is 0.337 e. The third-order valence-electron chi connectivity index (χ3n) is 2.68. The molecule has 0 spiro atoms. The van der Waals surface area contributed by atoms with E-state index in [1.54, 1.807) is 12.1 Å². The molecule has 1 aromatic heterocycles. The number of aromatic nitrogens is 1. The fraction of sp³-hybridized carbons (Fsp3) is 0.250. The molecular formula is C12H15ClN2O2. The van der Waals surface area contributed by atoms with E-state index in [-0.39, 0.29) is 18.4 Å². The molecule has 2 rings (SSSR count). The molecule has 2 aromatic rings. The van der Waals surface area contributed by atoms with Crippen molar-refractivity contribution in [1.29, 1.82) is 0 Å². The number of methoxy groups -OCH3 is 1. The van der Waals surface area contributed by atoms with Gasteiger partial charge in [0.25, 0.3) is 0 Å². The molecule has 0 saturated heterocycles.